The minimum atomic E-state index is 0.570. The molecule has 3 heterocycles. The van der Waals surface area contributed by atoms with E-state index in [1.807, 2.05) is 6.20 Å². The maximum absolute atomic E-state index is 5.76. The lowest BCUT2D eigenvalue weighted by Gasteiger charge is -2.34. The number of fused-ring (bicyclic) bond motifs is 1. The van der Waals surface area contributed by atoms with Gasteiger partial charge in [0.05, 0.1) is 6.54 Å². The van der Waals surface area contributed by atoms with E-state index in [4.69, 9.17) is 17.0 Å². The highest BCUT2D eigenvalue weighted by atomic mass is 32.1. The topological polar surface area (TPSA) is 28.6 Å². The third-order valence-corrected chi connectivity index (χ3v) is 5.97. The van der Waals surface area contributed by atoms with E-state index in [1.165, 1.54) is 37.9 Å². The zero-order chi connectivity index (χ0) is 18.6. The molecule has 0 saturated carbocycles. The van der Waals surface area contributed by atoms with Crippen LogP contribution in [-0.2, 0) is 13.1 Å². The molecule has 0 radical (unpaired) electrons. The third kappa shape index (κ3) is 4.66. The number of aromatic nitrogens is 1. The lowest BCUT2D eigenvalue weighted by molar-refractivity contribution is 0.163. The van der Waals surface area contributed by atoms with Gasteiger partial charge in [0, 0.05) is 24.8 Å². The van der Waals surface area contributed by atoms with E-state index in [9.17, 15) is 0 Å². The second-order valence-corrected chi connectivity index (χ2v) is 8.11. The average molecular weight is 382 g/mol. The normalized spacial score (nSPS) is 18.3. The Balaban J connectivity index is 1.25. The standard InChI is InChI=1S/C22H27N3OS/c1-17-13-20-16-25(22(27)26-21(20)23-14-17)12-9-18-7-10-24(11-8-18)15-19-5-3-2-4-6-19/h2-6,13-14,18H,7-12,15-16H2,1H3. The lowest BCUT2D eigenvalue weighted by atomic mass is 9.93. The molecule has 1 aromatic carbocycles. The summed E-state index contributed by atoms with van der Waals surface area (Å²) in [5.41, 5.74) is 3.71. The smallest absolute Gasteiger partial charge is 0.266 e. The van der Waals surface area contributed by atoms with Gasteiger partial charge in [-0.1, -0.05) is 30.3 Å². The van der Waals surface area contributed by atoms with Gasteiger partial charge < -0.3 is 9.64 Å². The summed E-state index contributed by atoms with van der Waals surface area (Å²) in [6, 6.07) is 12.9. The van der Waals surface area contributed by atoms with E-state index in [1.54, 1.807) is 0 Å². The molecule has 2 aromatic rings. The molecular formula is C22H27N3OS. The number of hydrogen-bond donors (Lipinski definition) is 0. The number of nitrogens with zero attached hydrogens (tertiary/aromatic N) is 3. The fourth-order valence-electron chi connectivity index (χ4n) is 4.02. The Bertz CT molecular complexity index is 787. The zero-order valence-corrected chi connectivity index (χ0v) is 16.8. The minimum Gasteiger partial charge on any atom is -0.412 e. The predicted molar refractivity (Wildman–Crippen MR) is 112 cm³/mol. The van der Waals surface area contributed by atoms with Crippen LogP contribution in [-0.4, -0.2) is 39.6 Å². The Labute approximate surface area is 167 Å². The molecule has 1 aromatic heterocycles. The molecule has 4 rings (SSSR count). The van der Waals surface area contributed by atoms with Crippen LogP contribution >= 0.6 is 12.2 Å². The Hall–Kier alpha value is -1.98. The highest BCUT2D eigenvalue weighted by Gasteiger charge is 2.25. The van der Waals surface area contributed by atoms with E-state index in [2.05, 4.69) is 58.1 Å². The van der Waals surface area contributed by atoms with Gasteiger partial charge in [0.25, 0.3) is 5.17 Å². The summed E-state index contributed by atoms with van der Waals surface area (Å²) in [5, 5.41) is 0.570. The molecule has 142 valence electrons. The van der Waals surface area contributed by atoms with Crippen molar-refractivity contribution < 1.29 is 4.74 Å². The van der Waals surface area contributed by atoms with Crippen molar-refractivity contribution in [2.24, 2.45) is 5.92 Å². The molecule has 2 aliphatic heterocycles. The Morgan fingerprint density at radius 3 is 2.74 bits per heavy atom. The number of aryl methyl sites for hydroxylation is 1. The van der Waals surface area contributed by atoms with E-state index >= 15 is 0 Å². The van der Waals surface area contributed by atoms with Gasteiger partial charge in [-0.25, -0.2) is 4.98 Å². The van der Waals surface area contributed by atoms with Crippen molar-refractivity contribution in [3.63, 3.8) is 0 Å². The van der Waals surface area contributed by atoms with Gasteiger partial charge in [0.15, 0.2) is 0 Å². The van der Waals surface area contributed by atoms with Crippen molar-refractivity contribution in [2.75, 3.05) is 19.6 Å². The minimum absolute atomic E-state index is 0.570. The van der Waals surface area contributed by atoms with Gasteiger partial charge in [-0.15, -0.1) is 0 Å². The largest absolute Gasteiger partial charge is 0.412 e. The van der Waals surface area contributed by atoms with Crippen LogP contribution in [0.25, 0.3) is 0 Å². The van der Waals surface area contributed by atoms with Gasteiger partial charge in [0.2, 0.25) is 5.88 Å². The quantitative estimate of drug-likeness (QED) is 0.725. The number of likely N-dealkylation sites (tertiary alicyclic amines) is 1. The molecule has 5 heteroatoms. The summed E-state index contributed by atoms with van der Waals surface area (Å²) >= 11 is 5.45. The van der Waals surface area contributed by atoms with E-state index in [-0.39, 0.29) is 0 Å². The highest BCUT2D eigenvalue weighted by molar-refractivity contribution is 7.80. The molecule has 0 spiro atoms. The molecule has 0 amide bonds. The van der Waals surface area contributed by atoms with Gasteiger partial charge >= 0.3 is 0 Å². The van der Waals surface area contributed by atoms with Crippen LogP contribution in [0.4, 0.5) is 0 Å². The molecular weight excluding hydrogens is 354 g/mol. The molecule has 27 heavy (non-hydrogen) atoms. The van der Waals surface area contributed by atoms with E-state index in [0.29, 0.717) is 11.1 Å². The van der Waals surface area contributed by atoms with Crippen LogP contribution in [0.5, 0.6) is 5.88 Å². The summed E-state index contributed by atoms with van der Waals surface area (Å²) < 4.78 is 5.76. The average Bonchev–Trinajstić information content (AvgIpc) is 2.68. The molecule has 0 unspecified atom stereocenters. The molecule has 2 aliphatic rings. The van der Waals surface area contributed by atoms with Crippen molar-refractivity contribution >= 4 is 17.4 Å². The first-order valence-electron chi connectivity index (χ1n) is 9.86. The van der Waals surface area contributed by atoms with Gasteiger partial charge in [-0.05, 0) is 74.6 Å². The maximum Gasteiger partial charge on any atom is 0.266 e. The number of piperidine rings is 1. The molecule has 0 N–H and O–H groups in total. The lowest BCUT2D eigenvalue weighted by Crippen LogP contribution is -2.39. The van der Waals surface area contributed by atoms with Crippen LogP contribution in [0.15, 0.2) is 42.6 Å². The predicted octanol–water partition coefficient (Wildman–Crippen LogP) is 4.17. The van der Waals surface area contributed by atoms with Gasteiger partial charge in [0.1, 0.15) is 0 Å². The Morgan fingerprint density at radius 2 is 1.96 bits per heavy atom. The number of rotatable bonds is 5. The molecule has 0 atom stereocenters. The number of benzene rings is 1. The summed E-state index contributed by atoms with van der Waals surface area (Å²) in [7, 11) is 0. The maximum atomic E-state index is 5.76. The molecule has 0 aliphatic carbocycles. The Morgan fingerprint density at radius 1 is 1.19 bits per heavy atom. The number of ether oxygens (including phenoxy) is 1. The van der Waals surface area contributed by atoms with Crippen molar-refractivity contribution in [1.29, 1.82) is 0 Å². The number of pyridine rings is 1. The second-order valence-electron chi connectivity index (χ2n) is 7.76. The number of thiocarbonyl (C=S) groups is 1. The Kier molecular flexibility index (Phi) is 5.69. The molecule has 1 saturated heterocycles. The van der Waals surface area contributed by atoms with Crippen LogP contribution in [0.2, 0.25) is 0 Å². The van der Waals surface area contributed by atoms with Crippen LogP contribution in [0, 0.1) is 12.8 Å². The van der Waals surface area contributed by atoms with Crippen LogP contribution < -0.4 is 4.74 Å². The summed E-state index contributed by atoms with van der Waals surface area (Å²) in [6.07, 6.45) is 5.55. The summed E-state index contributed by atoms with van der Waals surface area (Å²) in [4.78, 5) is 9.12. The molecule has 0 bridgehead atoms. The summed E-state index contributed by atoms with van der Waals surface area (Å²) in [6.45, 7) is 7.29. The van der Waals surface area contributed by atoms with Gasteiger partial charge in [-0.2, -0.15) is 0 Å². The van der Waals surface area contributed by atoms with Crippen LogP contribution in [0.3, 0.4) is 0 Å². The zero-order valence-electron chi connectivity index (χ0n) is 15.9. The van der Waals surface area contributed by atoms with Crippen molar-refractivity contribution in [1.82, 2.24) is 14.8 Å². The molecule has 4 nitrogen and oxygen atoms in total. The first kappa shape index (κ1) is 18.4. The summed E-state index contributed by atoms with van der Waals surface area (Å²) in [5.74, 6) is 1.45. The fraction of sp³-hybridized carbons (Fsp3) is 0.455. The van der Waals surface area contributed by atoms with E-state index in [0.717, 1.165) is 36.7 Å². The van der Waals surface area contributed by atoms with Crippen molar-refractivity contribution in [3.8, 4) is 5.88 Å². The monoisotopic (exact) mass is 381 g/mol. The second kappa shape index (κ2) is 8.36. The van der Waals surface area contributed by atoms with Crippen molar-refractivity contribution in [3.05, 3.63) is 59.3 Å². The third-order valence-electron chi connectivity index (χ3n) is 5.63. The van der Waals surface area contributed by atoms with Gasteiger partial charge in [-0.3, -0.25) is 4.90 Å². The SMILES string of the molecule is Cc1cnc2c(c1)CN(CCC1CCN(Cc3ccccc3)CC1)C(=S)O2. The molecule has 1 fully saturated rings. The van der Waals surface area contributed by atoms with Crippen LogP contribution in [0.1, 0.15) is 36.0 Å². The fourth-order valence-corrected chi connectivity index (χ4v) is 4.26. The van der Waals surface area contributed by atoms with Crippen molar-refractivity contribution in [2.45, 2.75) is 39.3 Å². The number of hydrogen-bond acceptors (Lipinski definition) is 4. The highest BCUT2D eigenvalue weighted by Crippen LogP contribution is 2.27. The van der Waals surface area contributed by atoms with E-state index < -0.39 is 0 Å². The first-order valence-corrected chi connectivity index (χ1v) is 10.3. The first-order chi connectivity index (χ1) is 13.2.